The number of rotatable bonds is 17. The molecule has 2 aromatic carbocycles. The van der Waals surface area contributed by atoms with E-state index in [9.17, 15) is 18.0 Å². The summed E-state index contributed by atoms with van der Waals surface area (Å²) in [5.74, 6) is -2.27. The van der Waals surface area contributed by atoms with Gasteiger partial charge in [-0.2, -0.15) is 0 Å². The second-order valence-corrected chi connectivity index (χ2v) is 10.2. The normalized spacial score (nSPS) is 12.1. The lowest BCUT2D eigenvalue weighted by Crippen LogP contribution is -2.42. The molecule has 196 valence electrons. The summed E-state index contributed by atoms with van der Waals surface area (Å²) in [6.45, 7) is 8.86. The number of fused-ring (bicyclic) bond motifs is 1. The Labute approximate surface area is 213 Å². The Hall–Kier alpha value is -3.01. The van der Waals surface area contributed by atoms with Crippen LogP contribution in [0.2, 0.25) is 0 Å². The van der Waals surface area contributed by atoms with Crippen molar-refractivity contribution in [2.45, 2.75) is 17.7 Å². The van der Waals surface area contributed by atoms with Gasteiger partial charge >= 0.3 is 5.97 Å². The first-order valence-electron chi connectivity index (χ1n) is 11.8. The van der Waals surface area contributed by atoms with E-state index < -0.39 is 27.5 Å². The molecular weight excluding hydrogens is 482 g/mol. The molecule has 2 rings (SSSR count). The van der Waals surface area contributed by atoms with Gasteiger partial charge in [-0.15, -0.1) is 13.2 Å². The van der Waals surface area contributed by atoms with Crippen molar-refractivity contribution in [3.8, 4) is 0 Å². The minimum absolute atomic E-state index is 0.0375. The average molecular weight is 518 g/mol. The molecule has 8 nitrogen and oxygen atoms in total. The molecule has 0 heterocycles. The van der Waals surface area contributed by atoms with E-state index in [1.807, 2.05) is 24.3 Å². The van der Waals surface area contributed by atoms with Gasteiger partial charge in [-0.1, -0.05) is 42.5 Å². The topological polar surface area (TPSA) is 99.2 Å². The number of nitrogens with zero attached hydrogens (tertiary/aromatic N) is 1. The van der Waals surface area contributed by atoms with E-state index >= 15 is 0 Å². The fourth-order valence-corrected chi connectivity index (χ4v) is 5.28. The number of sulfone groups is 1. The molecule has 2 aromatic rings. The fourth-order valence-electron chi connectivity index (χ4n) is 3.67. The highest BCUT2D eigenvalue weighted by atomic mass is 32.2. The van der Waals surface area contributed by atoms with Crippen LogP contribution < -0.4 is 0 Å². The van der Waals surface area contributed by atoms with Crippen LogP contribution in [0.5, 0.6) is 0 Å². The molecule has 0 spiro atoms. The van der Waals surface area contributed by atoms with Crippen molar-refractivity contribution < 1.29 is 32.2 Å². The summed E-state index contributed by atoms with van der Waals surface area (Å²) in [6.07, 6.45) is 3.17. The Kier molecular flexibility index (Phi) is 12.3. The SMILES string of the molecule is C=CCOCCN(CCOCC=C)C(=O)C(CCC(=O)OC)CS(=O)(=O)c1ccc2ccccc2c1. The van der Waals surface area contributed by atoms with Crippen LogP contribution in [0.3, 0.4) is 0 Å². The highest BCUT2D eigenvalue weighted by molar-refractivity contribution is 7.91. The van der Waals surface area contributed by atoms with E-state index in [0.29, 0.717) is 13.2 Å². The summed E-state index contributed by atoms with van der Waals surface area (Å²) < 4.78 is 42.3. The third kappa shape index (κ3) is 9.22. The Morgan fingerprint density at radius 1 is 0.972 bits per heavy atom. The van der Waals surface area contributed by atoms with Gasteiger partial charge in [0, 0.05) is 19.5 Å². The zero-order chi connectivity index (χ0) is 26.4. The molecule has 0 radical (unpaired) electrons. The van der Waals surface area contributed by atoms with Gasteiger partial charge in [0.2, 0.25) is 5.91 Å². The quantitative estimate of drug-likeness (QED) is 0.180. The van der Waals surface area contributed by atoms with E-state index in [4.69, 9.17) is 14.2 Å². The second kappa shape index (κ2) is 15.2. The maximum Gasteiger partial charge on any atom is 0.305 e. The van der Waals surface area contributed by atoms with Crippen molar-refractivity contribution in [3.63, 3.8) is 0 Å². The van der Waals surface area contributed by atoms with Gasteiger partial charge in [0.25, 0.3) is 0 Å². The molecule has 0 aliphatic rings. The molecule has 0 bridgehead atoms. The van der Waals surface area contributed by atoms with Crippen LogP contribution in [-0.4, -0.2) is 77.6 Å². The first-order valence-corrected chi connectivity index (χ1v) is 13.4. The van der Waals surface area contributed by atoms with Crippen LogP contribution in [0, 0.1) is 5.92 Å². The van der Waals surface area contributed by atoms with Crippen molar-refractivity contribution >= 4 is 32.5 Å². The van der Waals surface area contributed by atoms with Gasteiger partial charge in [-0.25, -0.2) is 8.42 Å². The summed E-state index contributed by atoms with van der Waals surface area (Å²) in [5, 5.41) is 1.70. The van der Waals surface area contributed by atoms with E-state index in [-0.39, 0.29) is 49.9 Å². The Morgan fingerprint density at radius 3 is 2.17 bits per heavy atom. The zero-order valence-electron chi connectivity index (χ0n) is 20.8. The summed E-state index contributed by atoms with van der Waals surface area (Å²) >= 11 is 0. The smallest absolute Gasteiger partial charge is 0.305 e. The molecule has 1 unspecified atom stereocenters. The van der Waals surface area contributed by atoms with Gasteiger partial charge in [-0.05, 0) is 29.3 Å². The predicted octanol–water partition coefficient (Wildman–Crippen LogP) is 3.42. The Morgan fingerprint density at radius 2 is 1.58 bits per heavy atom. The largest absolute Gasteiger partial charge is 0.469 e. The van der Waals surface area contributed by atoms with Crippen molar-refractivity contribution in [2.75, 3.05) is 52.4 Å². The summed E-state index contributed by atoms with van der Waals surface area (Å²) in [7, 11) is -2.58. The average Bonchev–Trinajstić information content (AvgIpc) is 2.89. The number of methoxy groups -OCH3 is 1. The molecule has 0 saturated carbocycles. The predicted molar refractivity (Wildman–Crippen MR) is 139 cm³/mol. The molecule has 9 heteroatoms. The molecule has 36 heavy (non-hydrogen) atoms. The minimum Gasteiger partial charge on any atom is -0.469 e. The van der Waals surface area contributed by atoms with Crippen LogP contribution in [0.4, 0.5) is 0 Å². The van der Waals surface area contributed by atoms with Gasteiger partial charge in [0.05, 0.1) is 50.1 Å². The molecule has 0 aromatic heterocycles. The number of benzene rings is 2. The number of carbonyl (C=O) groups is 2. The standard InChI is InChI=1S/C27H35NO7S/c1-4-16-34-18-14-28(15-19-35-17-5-2)27(30)24(11-13-26(29)33-3)21-36(31,32)25-12-10-22-8-6-7-9-23(22)20-25/h4-10,12,20,24H,1-2,11,13-19,21H2,3H3. The van der Waals surface area contributed by atoms with Crippen molar-refractivity contribution in [3.05, 3.63) is 67.8 Å². The Balaban J connectivity index is 2.27. The lowest BCUT2D eigenvalue weighted by Gasteiger charge is -2.27. The van der Waals surface area contributed by atoms with Crippen LogP contribution >= 0.6 is 0 Å². The van der Waals surface area contributed by atoms with Crippen molar-refractivity contribution in [1.82, 2.24) is 4.90 Å². The molecular formula is C27H35NO7S. The molecule has 0 fully saturated rings. The number of ether oxygens (including phenoxy) is 3. The maximum absolute atomic E-state index is 13.6. The summed E-state index contributed by atoms with van der Waals surface area (Å²) in [4.78, 5) is 27.0. The third-order valence-corrected chi connectivity index (χ3v) is 7.38. The Bertz CT molecular complexity index is 1110. The molecule has 0 aliphatic heterocycles. The first-order chi connectivity index (χ1) is 17.3. The second-order valence-electron chi connectivity index (χ2n) is 8.15. The number of esters is 1. The van der Waals surface area contributed by atoms with Crippen molar-refractivity contribution in [2.24, 2.45) is 5.92 Å². The van der Waals surface area contributed by atoms with Crippen LogP contribution in [0.15, 0.2) is 72.7 Å². The van der Waals surface area contributed by atoms with Crippen molar-refractivity contribution in [1.29, 1.82) is 0 Å². The van der Waals surface area contributed by atoms with Crippen LogP contribution in [0.1, 0.15) is 12.8 Å². The lowest BCUT2D eigenvalue weighted by molar-refractivity contribution is -0.141. The van der Waals surface area contributed by atoms with E-state index in [2.05, 4.69) is 13.2 Å². The summed E-state index contributed by atoms with van der Waals surface area (Å²) in [6, 6.07) is 12.3. The molecule has 0 aliphatic carbocycles. The van der Waals surface area contributed by atoms with E-state index in [1.165, 1.54) is 12.0 Å². The van der Waals surface area contributed by atoms with Gasteiger partial charge < -0.3 is 19.1 Å². The lowest BCUT2D eigenvalue weighted by atomic mass is 10.0. The molecule has 1 amide bonds. The molecule has 0 saturated heterocycles. The van der Waals surface area contributed by atoms with Gasteiger partial charge in [0.1, 0.15) is 0 Å². The van der Waals surface area contributed by atoms with Crippen LogP contribution in [0.25, 0.3) is 10.8 Å². The minimum atomic E-state index is -3.83. The number of hydrogen-bond donors (Lipinski definition) is 0. The first kappa shape index (κ1) is 29.2. The highest BCUT2D eigenvalue weighted by Gasteiger charge is 2.31. The fraction of sp³-hybridized carbons (Fsp3) is 0.407. The number of amides is 1. The number of hydrogen-bond acceptors (Lipinski definition) is 7. The van der Waals surface area contributed by atoms with Gasteiger partial charge in [-0.3, -0.25) is 9.59 Å². The summed E-state index contributed by atoms with van der Waals surface area (Å²) in [5.41, 5.74) is 0. The number of carbonyl (C=O) groups excluding carboxylic acids is 2. The molecule has 0 N–H and O–H groups in total. The van der Waals surface area contributed by atoms with Gasteiger partial charge in [0.15, 0.2) is 9.84 Å². The maximum atomic E-state index is 13.6. The van der Waals surface area contributed by atoms with E-state index in [0.717, 1.165) is 10.8 Å². The van der Waals surface area contributed by atoms with E-state index in [1.54, 1.807) is 30.4 Å². The highest BCUT2D eigenvalue weighted by Crippen LogP contribution is 2.23. The third-order valence-electron chi connectivity index (χ3n) is 5.57. The monoisotopic (exact) mass is 517 g/mol. The molecule has 1 atom stereocenters. The van der Waals surface area contributed by atoms with Crippen LogP contribution in [-0.2, 0) is 33.6 Å². The zero-order valence-corrected chi connectivity index (χ0v) is 21.6.